The van der Waals surface area contributed by atoms with Gasteiger partial charge in [0.15, 0.2) is 0 Å². The van der Waals surface area contributed by atoms with Crippen molar-refractivity contribution in [3.63, 3.8) is 0 Å². The number of hydrogen-bond donors (Lipinski definition) is 1. The van der Waals surface area contributed by atoms with Crippen molar-refractivity contribution in [2.45, 2.75) is 39.2 Å². The summed E-state index contributed by atoms with van der Waals surface area (Å²) >= 11 is 6.08. The molecule has 1 aromatic carbocycles. The molecule has 124 valence electrons. The second-order valence-corrected chi connectivity index (χ2v) is 8.46. The first-order chi connectivity index (χ1) is 10.4. The second-order valence-electron chi connectivity index (χ2n) is 6.18. The fraction of sp³-hybridized carbons (Fsp3) is 0.625. The van der Waals surface area contributed by atoms with Crippen LogP contribution in [-0.4, -0.2) is 33.4 Å². The molecule has 6 heteroatoms. The quantitative estimate of drug-likeness (QED) is 0.862. The van der Waals surface area contributed by atoms with Gasteiger partial charge in [-0.15, -0.1) is 0 Å². The molecule has 1 aromatic rings. The van der Waals surface area contributed by atoms with Gasteiger partial charge in [-0.25, -0.2) is 13.1 Å². The predicted octanol–water partition coefficient (Wildman–Crippen LogP) is 3.01. The lowest BCUT2D eigenvalue weighted by Gasteiger charge is -2.40. The smallest absolute Gasteiger partial charge is 0.212 e. The largest absolute Gasteiger partial charge is 0.381 e. The topological polar surface area (TPSA) is 55.4 Å². The molecule has 0 aromatic heterocycles. The number of rotatable bonds is 6. The van der Waals surface area contributed by atoms with Crippen LogP contribution in [0.2, 0.25) is 5.02 Å². The zero-order valence-electron chi connectivity index (χ0n) is 13.1. The highest BCUT2D eigenvalue weighted by molar-refractivity contribution is 7.89. The van der Waals surface area contributed by atoms with Crippen molar-refractivity contribution in [3.05, 3.63) is 34.9 Å². The van der Waals surface area contributed by atoms with Gasteiger partial charge in [0.25, 0.3) is 0 Å². The van der Waals surface area contributed by atoms with Gasteiger partial charge in [-0.1, -0.05) is 43.6 Å². The van der Waals surface area contributed by atoms with E-state index in [9.17, 15) is 8.42 Å². The summed E-state index contributed by atoms with van der Waals surface area (Å²) in [5.41, 5.74) is 0.718. The van der Waals surface area contributed by atoms with Gasteiger partial charge in [0.2, 0.25) is 10.0 Å². The molecular formula is C16H24ClNO3S. The Hall–Kier alpha value is -0.620. The van der Waals surface area contributed by atoms with Gasteiger partial charge in [0.05, 0.1) is 12.4 Å². The van der Waals surface area contributed by atoms with Crippen LogP contribution in [-0.2, 0) is 21.2 Å². The molecule has 2 unspecified atom stereocenters. The molecule has 1 aliphatic heterocycles. The maximum Gasteiger partial charge on any atom is 0.212 e. The minimum absolute atomic E-state index is 0.0495. The molecule has 0 bridgehead atoms. The summed E-state index contributed by atoms with van der Waals surface area (Å²) in [6.45, 7) is 5.35. The number of benzene rings is 1. The molecule has 1 fully saturated rings. The molecule has 2 rings (SSSR count). The van der Waals surface area contributed by atoms with Crippen LogP contribution in [0, 0.1) is 5.41 Å². The Morgan fingerprint density at radius 2 is 2.14 bits per heavy atom. The van der Waals surface area contributed by atoms with E-state index in [1.807, 2.05) is 18.2 Å². The Bertz CT molecular complexity index is 605. The van der Waals surface area contributed by atoms with E-state index in [1.165, 1.54) is 0 Å². The van der Waals surface area contributed by atoms with Crippen LogP contribution in [0.5, 0.6) is 0 Å². The Kier molecular flexibility index (Phi) is 5.88. The van der Waals surface area contributed by atoms with E-state index in [0.29, 0.717) is 24.7 Å². The molecule has 2 atom stereocenters. The number of hydrogen-bond acceptors (Lipinski definition) is 3. The molecule has 0 spiro atoms. The third kappa shape index (κ3) is 4.44. The first-order valence-electron chi connectivity index (χ1n) is 7.67. The summed E-state index contributed by atoms with van der Waals surface area (Å²) < 4.78 is 33.2. The second kappa shape index (κ2) is 7.30. The van der Waals surface area contributed by atoms with Crippen molar-refractivity contribution in [1.29, 1.82) is 0 Å². The maximum absolute atomic E-state index is 12.4. The van der Waals surface area contributed by atoms with E-state index in [0.717, 1.165) is 18.4 Å². The van der Waals surface area contributed by atoms with Crippen molar-refractivity contribution in [3.8, 4) is 0 Å². The average Bonchev–Trinajstić information content (AvgIpc) is 2.49. The number of ether oxygens (including phenoxy) is 1. The fourth-order valence-corrected chi connectivity index (χ4v) is 4.40. The van der Waals surface area contributed by atoms with Gasteiger partial charge in [-0.2, -0.15) is 0 Å². The molecule has 1 heterocycles. The summed E-state index contributed by atoms with van der Waals surface area (Å²) in [7, 11) is -3.34. The number of aryl methyl sites for hydroxylation is 1. The predicted molar refractivity (Wildman–Crippen MR) is 89.7 cm³/mol. The van der Waals surface area contributed by atoms with E-state index < -0.39 is 10.0 Å². The maximum atomic E-state index is 12.4. The molecule has 1 N–H and O–H groups in total. The summed E-state index contributed by atoms with van der Waals surface area (Å²) in [6, 6.07) is 7.29. The van der Waals surface area contributed by atoms with Crippen molar-refractivity contribution in [1.82, 2.24) is 4.72 Å². The molecule has 1 aliphatic rings. The minimum atomic E-state index is -3.34. The van der Waals surface area contributed by atoms with Gasteiger partial charge in [-0.05, 0) is 30.9 Å². The first kappa shape index (κ1) is 17.7. The van der Waals surface area contributed by atoms with Crippen LogP contribution in [0.15, 0.2) is 24.3 Å². The standard InChI is InChI=1S/C16H24ClNO3S/c1-3-16(2)12-21-10-8-15(16)18-22(19,20)11-9-13-6-4-5-7-14(13)17/h4-7,15,18H,3,8-12H2,1-2H3. The van der Waals surface area contributed by atoms with E-state index in [4.69, 9.17) is 16.3 Å². The highest BCUT2D eigenvalue weighted by Crippen LogP contribution is 2.32. The molecule has 4 nitrogen and oxygen atoms in total. The molecule has 0 saturated carbocycles. The summed E-state index contributed by atoms with van der Waals surface area (Å²) in [4.78, 5) is 0. The Morgan fingerprint density at radius 1 is 1.41 bits per heavy atom. The van der Waals surface area contributed by atoms with Gasteiger partial charge in [0, 0.05) is 23.1 Å². The van der Waals surface area contributed by atoms with Crippen LogP contribution in [0.4, 0.5) is 0 Å². The Balaban J connectivity index is 2.00. The number of sulfonamides is 1. The van der Waals surface area contributed by atoms with Crippen LogP contribution in [0.3, 0.4) is 0 Å². The molecule has 0 radical (unpaired) electrons. The fourth-order valence-electron chi connectivity index (χ4n) is 2.73. The molecule has 1 saturated heterocycles. The van der Waals surface area contributed by atoms with Gasteiger partial charge >= 0.3 is 0 Å². The minimum Gasteiger partial charge on any atom is -0.381 e. The van der Waals surface area contributed by atoms with Crippen molar-refractivity contribution >= 4 is 21.6 Å². The highest BCUT2D eigenvalue weighted by Gasteiger charge is 2.38. The molecule has 22 heavy (non-hydrogen) atoms. The van der Waals surface area contributed by atoms with E-state index in [1.54, 1.807) is 6.07 Å². The van der Waals surface area contributed by atoms with Gasteiger partial charge in [-0.3, -0.25) is 0 Å². The van der Waals surface area contributed by atoms with Crippen molar-refractivity contribution < 1.29 is 13.2 Å². The average molecular weight is 346 g/mol. The molecular weight excluding hydrogens is 322 g/mol. The van der Waals surface area contributed by atoms with Crippen molar-refractivity contribution in [2.75, 3.05) is 19.0 Å². The molecule has 0 amide bonds. The lowest BCUT2D eigenvalue weighted by molar-refractivity contribution is -0.0189. The van der Waals surface area contributed by atoms with E-state index in [-0.39, 0.29) is 17.2 Å². The Labute approximate surface area is 138 Å². The molecule has 0 aliphatic carbocycles. The summed E-state index contributed by atoms with van der Waals surface area (Å²) in [5.74, 6) is 0.0495. The zero-order valence-corrected chi connectivity index (χ0v) is 14.7. The van der Waals surface area contributed by atoms with Crippen LogP contribution < -0.4 is 4.72 Å². The number of halogens is 1. The number of nitrogens with one attached hydrogen (secondary N) is 1. The van der Waals surface area contributed by atoms with Crippen LogP contribution in [0.1, 0.15) is 32.3 Å². The van der Waals surface area contributed by atoms with Gasteiger partial charge in [0.1, 0.15) is 0 Å². The zero-order chi connectivity index (χ0) is 16.2. The highest BCUT2D eigenvalue weighted by atomic mass is 35.5. The third-order valence-corrected chi connectivity index (χ3v) is 6.31. The van der Waals surface area contributed by atoms with E-state index >= 15 is 0 Å². The SMILES string of the molecule is CCC1(C)COCCC1NS(=O)(=O)CCc1ccccc1Cl. The van der Waals surface area contributed by atoms with Gasteiger partial charge < -0.3 is 4.74 Å². The van der Waals surface area contributed by atoms with E-state index in [2.05, 4.69) is 18.6 Å². The normalized spacial score (nSPS) is 26.0. The lowest BCUT2D eigenvalue weighted by Crippen LogP contribution is -2.52. The third-order valence-electron chi connectivity index (χ3n) is 4.55. The summed E-state index contributed by atoms with van der Waals surface area (Å²) in [5, 5.41) is 0.613. The summed E-state index contributed by atoms with van der Waals surface area (Å²) in [6.07, 6.45) is 2.02. The first-order valence-corrected chi connectivity index (χ1v) is 9.70. The Morgan fingerprint density at radius 3 is 2.82 bits per heavy atom. The van der Waals surface area contributed by atoms with Crippen molar-refractivity contribution in [2.24, 2.45) is 5.41 Å². The lowest BCUT2D eigenvalue weighted by atomic mass is 9.78. The monoisotopic (exact) mass is 345 g/mol. The van der Waals surface area contributed by atoms with Crippen LogP contribution in [0.25, 0.3) is 0 Å². The van der Waals surface area contributed by atoms with Crippen LogP contribution >= 0.6 is 11.6 Å².